The predicted octanol–water partition coefficient (Wildman–Crippen LogP) is 8.30. The standard InChI is InChI=1S/C26H42/c1-3-5-6-8-22-11-15-24(16-12-22)26-19-17-25(18-20-26)23-13-9-21(7-4-2)10-14-23/h11-12,15-16,21,23,25-26H,3-10,13-14,17-20H2,1-2H3/t21?,23?,25-,26-. The normalized spacial score (nSPS) is 29.6. The molecule has 0 unspecified atom stereocenters. The Bertz CT molecular complexity index is 483. The molecule has 0 aliphatic heterocycles. The van der Waals surface area contributed by atoms with Gasteiger partial charge in [-0.3, -0.25) is 0 Å². The van der Waals surface area contributed by atoms with Gasteiger partial charge in [0, 0.05) is 0 Å². The molecule has 146 valence electrons. The van der Waals surface area contributed by atoms with Gasteiger partial charge >= 0.3 is 0 Å². The minimum atomic E-state index is 0.840. The quantitative estimate of drug-likeness (QED) is 0.412. The third-order valence-electron chi connectivity index (χ3n) is 7.55. The number of rotatable bonds is 8. The highest BCUT2D eigenvalue weighted by atomic mass is 14.4. The maximum atomic E-state index is 2.45. The maximum absolute atomic E-state index is 2.45. The largest absolute Gasteiger partial charge is 0.0654 e. The van der Waals surface area contributed by atoms with Crippen LogP contribution in [0.3, 0.4) is 0 Å². The van der Waals surface area contributed by atoms with E-state index in [0.717, 1.165) is 23.7 Å². The average molecular weight is 355 g/mol. The van der Waals surface area contributed by atoms with Crippen LogP contribution in [0.1, 0.15) is 114 Å². The van der Waals surface area contributed by atoms with Crippen molar-refractivity contribution < 1.29 is 0 Å². The summed E-state index contributed by atoms with van der Waals surface area (Å²) in [5.41, 5.74) is 3.16. The number of hydrogen-bond acceptors (Lipinski definition) is 0. The van der Waals surface area contributed by atoms with Crippen LogP contribution in [0.5, 0.6) is 0 Å². The lowest BCUT2D eigenvalue weighted by Crippen LogP contribution is -2.25. The highest BCUT2D eigenvalue weighted by Crippen LogP contribution is 2.44. The molecule has 3 rings (SSSR count). The molecule has 1 aromatic carbocycles. The lowest BCUT2D eigenvalue weighted by atomic mass is 9.68. The summed E-state index contributed by atoms with van der Waals surface area (Å²) in [6, 6.07) is 9.71. The van der Waals surface area contributed by atoms with Crippen molar-refractivity contribution in [2.24, 2.45) is 17.8 Å². The molecule has 0 aromatic heterocycles. The van der Waals surface area contributed by atoms with E-state index in [0.29, 0.717) is 0 Å². The summed E-state index contributed by atoms with van der Waals surface area (Å²) in [7, 11) is 0. The molecule has 0 heterocycles. The van der Waals surface area contributed by atoms with Crippen LogP contribution in [-0.2, 0) is 6.42 Å². The van der Waals surface area contributed by atoms with E-state index in [1.165, 1.54) is 89.9 Å². The van der Waals surface area contributed by atoms with Crippen molar-refractivity contribution in [3.8, 4) is 0 Å². The van der Waals surface area contributed by atoms with Crippen molar-refractivity contribution in [2.45, 2.75) is 110 Å². The molecule has 0 heteroatoms. The monoisotopic (exact) mass is 354 g/mol. The molecule has 1 aromatic rings. The molecular weight excluding hydrogens is 312 g/mol. The summed E-state index contributed by atoms with van der Waals surface area (Å²) >= 11 is 0. The first-order valence-corrected chi connectivity index (χ1v) is 11.9. The first-order valence-electron chi connectivity index (χ1n) is 11.9. The van der Waals surface area contributed by atoms with E-state index in [9.17, 15) is 0 Å². The zero-order valence-corrected chi connectivity index (χ0v) is 17.5. The van der Waals surface area contributed by atoms with E-state index in [1.54, 1.807) is 11.1 Å². The van der Waals surface area contributed by atoms with Crippen molar-refractivity contribution in [1.29, 1.82) is 0 Å². The van der Waals surface area contributed by atoms with E-state index in [-0.39, 0.29) is 0 Å². The molecule has 0 amide bonds. The Labute approximate surface area is 163 Å². The van der Waals surface area contributed by atoms with Gasteiger partial charge in [-0.2, -0.15) is 0 Å². The zero-order valence-electron chi connectivity index (χ0n) is 17.5. The Morgan fingerprint density at radius 1 is 0.692 bits per heavy atom. The van der Waals surface area contributed by atoms with E-state index in [2.05, 4.69) is 38.1 Å². The van der Waals surface area contributed by atoms with Crippen LogP contribution in [0.15, 0.2) is 24.3 Å². The molecule has 2 fully saturated rings. The summed E-state index contributed by atoms with van der Waals surface area (Å²) < 4.78 is 0. The fourth-order valence-electron chi connectivity index (χ4n) is 5.82. The lowest BCUT2D eigenvalue weighted by Gasteiger charge is -2.38. The Morgan fingerprint density at radius 2 is 1.31 bits per heavy atom. The van der Waals surface area contributed by atoms with Crippen LogP contribution in [0.2, 0.25) is 0 Å². The minimum absolute atomic E-state index is 0.840. The fraction of sp³-hybridized carbons (Fsp3) is 0.769. The van der Waals surface area contributed by atoms with Gasteiger partial charge in [-0.1, -0.05) is 76.6 Å². The van der Waals surface area contributed by atoms with Crippen molar-refractivity contribution >= 4 is 0 Å². The Morgan fingerprint density at radius 3 is 1.88 bits per heavy atom. The van der Waals surface area contributed by atoms with Gasteiger partial charge in [0.1, 0.15) is 0 Å². The predicted molar refractivity (Wildman–Crippen MR) is 115 cm³/mol. The van der Waals surface area contributed by atoms with E-state index < -0.39 is 0 Å². The summed E-state index contributed by atoms with van der Waals surface area (Å²) in [5, 5.41) is 0. The summed E-state index contributed by atoms with van der Waals surface area (Å²) in [6.45, 7) is 4.64. The fourth-order valence-corrected chi connectivity index (χ4v) is 5.82. The summed E-state index contributed by atoms with van der Waals surface area (Å²) in [6.07, 6.45) is 20.2. The first kappa shape index (κ1) is 20.0. The lowest BCUT2D eigenvalue weighted by molar-refractivity contribution is 0.156. The van der Waals surface area contributed by atoms with Crippen LogP contribution in [0.4, 0.5) is 0 Å². The molecule has 2 saturated carbocycles. The first-order chi connectivity index (χ1) is 12.8. The highest BCUT2D eigenvalue weighted by molar-refractivity contribution is 5.26. The van der Waals surface area contributed by atoms with Crippen molar-refractivity contribution in [3.05, 3.63) is 35.4 Å². The van der Waals surface area contributed by atoms with Crippen LogP contribution in [0.25, 0.3) is 0 Å². The Kier molecular flexibility index (Phi) is 8.08. The van der Waals surface area contributed by atoms with Crippen molar-refractivity contribution in [1.82, 2.24) is 0 Å². The third kappa shape index (κ3) is 5.61. The van der Waals surface area contributed by atoms with Gasteiger partial charge in [-0.15, -0.1) is 0 Å². The second-order valence-corrected chi connectivity index (χ2v) is 9.38. The number of hydrogen-bond donors (Lipinski definition) is 0. The van der Waals surface area contributed by atoms with Crippen LogP contribution in [0, 0.1) is 17.8 Å². The van der Waals surface area contributed by atoms with E-state index >= 15 is 0 Å². The highest BCUT2D eigenvalue weighted by Gasteiger charge is 2.30. The number of unbranched alkanes of at least 4 members (excludes halogenated alkanes) is 2. The maximum Gasteiger partial charge on any atom is -0.0162 e. The molecule has 0 radical (unpaired) electrons. The van der Waals surface area contributed by atoms with Crippen molar-refractivity contribution in [2.75, 3.05) is 0 Å². The summed E-state index contributed by atoms with van der Waals surface area (Å²) in [4.78, 5) is 0. The number of aryl methyl sites for hydroxylation is 1. The Hall–Kier alpha value is -0.780. The molecule has 2 aliphatic rings. The molecule has 26 heavy (non-hydrogen) atoms. The molecular formula is C26H42. The van der Waals surface area contributed by atoms with Crippen LogP contribution < -0.4 is 0 Å². The average Bonchev–Trinajstić information content (AvgIpc) is 2.70. The van der Waals surface area contributed by atoms with Gasteiger partial charge in [0.15, 0.2) is 0 Å². The molecule has 0 N–H and O–H groups in total. The van der Waals surface area contributed by atoms with E-state index in [1.807, 2.05) is 0 Å². The second-order valence-electron chi connectivity index (χ2n) is 9.38. The Balaban J connectivity index is 1.42. The topological polar surface area (TPSA) is 0 Å². The van der Waals surface area contributed by atoms with Crippen LogP contribution in [-0.4, -0.2) is 0 Å². The van der Waals surface area contributed by atoms with Crippen LogP contribution >= 0.6 is 0 Å². The van der Waals surface area contributed by atoms with Gasteiger partial charge in [-0.25, -0.2) is 0 Å². The van der Waals surface area contributed by atoms with Gasteiger partial charge in [0.05, 0.1) is 0 Å². The molecule has 0 bridgehead atoms. The zero-order chi connectivity index (χ0) is 18.2. The SMILES string of the molecule is CCCCCc1ccc([C@H]2CC[C@H](C3CCC(CCC)CC3)CC2)cc1. The third-order valence-corrected chi connectivity index (χ3v) is 7.55. The smallest absolute Gasteiger partial charge is 0.0162 e. The molecule has 0 atom stereocenters. The van der Waals surface area contributed by atoms with Gasteiger partial charge in [0.2, 0.25) is 0 Å². The summed E-state index contributed by atoms with van der Waals surface area (Å²) in [5.74, 6) is 4.00. The number of benzene rings is 1. The molecule has 2 aliphatic carbocycles. The molecule has 0 nitrogen and oxygen atoms in total. The molecule has 0 spiro atoms. The van der Waals surface area contributed by atoms with Gasteiger partial charge in [-0.05, 0) is 86.2 Å². The van der Waals surface area contributed by atoms with Gasteiger partial charge in [0.25, 0.3) is 0 Å². The molecule has 0 saturated heterocycles. The van der Waals surface area contributed by atoms with E-state index in [4.69, 9.17) is 0 Å². The van der Waals surface area contributed by atoms with Crippen molar-refractivity contribution in [3.63, 3.8) is 0 Å². The minimum Gasteiger partial charge on any atom is -0.0654 e. The van der Waals surface area contributed by atoms with Gasteiger partial charge < -0.3 is 0 Å². The second kappa shape index (κ2) is 10.5.